The van der Waals surface area contributed by atoms with E-state index in [1.165, 1.54) is 0 Å². The lowest BCUT2D eigenvalue weighted by atomic mass is 10.0. The minimum atomic E-state index is -0.672. The maximum atomic E-state index is 12.6. The van der Waals surface area contributed by atoms with Gasteiger partial charge in [0.25, 0.3) is 5.91 Å². The molecule has 0 bridgehead atoms. The van der Waals surface area contributed by atoms with Gasteiger partial charge in [-0.3, -0.25) is 4.79 Å². The first-order chi connectivity index (χ1) is 14.7. The zero-order valence-corrected chi connectivity index (χ0v) is 17.7. The molecular weight excluding hydrogens is 394 g/mol. The van der Waals surface area contributed by atoms with Crippen molar-refractivity contribution in [3.05, 3.63) is 96.1 Å². The van der Waals surface area contributed by atoms with Gasteiger partial charge < -0.3 is 10.1 Å². The van der Waals surface area contributed by atoms with Crippen molar-refractivity contribution in [1.29, 1.82) is 0 Å². The fourth-order valence-electron chi connectivity index (χ4n) is 2.99. The summed E-state index contributed by atoms with van der Waals surface area (Å²) in [5.74, 6) is 0.0620. The van der Waals surface area contributed by atoms with E-state index in [1.807, 2.05) is 54.8 Å². The molecule has 0 aliphatic heterocycles. The Labute approximate surface area is 181 Å². The Hall–Kier alpha value is -3.05. The molecular formula is C25H25NO3S. The molecule has 0 aromatic heterocycles. The summed E-state index contributed by atoms with van der Waals surface area (Å²) in [6, 6.07) is 26.3. The molecule has 154 valence electrons. The fraction of sp³-hybridized carbons (Fsp3) is 0.200. The number of benzene rings is 3. The first-order valence-electron chi connectivity index (χ1n) is 9.83. The number of ether oxygens (including phenoxy) is 1. The van der Waals surface area contributed by atoms with Crippen LogP contribution in [0, 0.1) is 0 Å². The molecule has 1 atom stereocenters. The molecule has 0 aliphatic rings. The van der Waals surface area contributed by atoms with Crippen LogP contribution in [0.5, 0.6) is 0 Å². The summed E-state index contributed by atoms with van der Waals surface area (Å²) >= 11 is 1.63. The largest absolute Gasteiger partial charge is 0.459 e. The SMILES string of the molecule is CSCC[C@@H](NC(=O)c1ccccc1)C(=O)OCc1ccc(-c2ccccc2)cc1. The second-order valence-corrected chi connectivity index (χ2v) is 7.83. The Bertz CT molecular complexity index is 943. The van der Waals surface area contributed by atoms with E-state index in [9.17, 15) is 9.59 Å². The molecule has 0 saturated carbocycles. The van der Waals surface area contributed by atoms with Gasteiger partial charge in [0.15, 0.2) is 0 Å². The number of carbonyl (C=O) groups is 2. The van der Waals surface area contributed by atoms with Gasteiger partial charge in [-0.05, 0) is 47.3 Å². The quantitative estimate of drug-likeness (QED) is 0.499. The van der Waals surface area contributed by atoms with E-state index in [1.54, 1.807) is 36.0 Å². The lowest BCUT2D eigenvalue weighted by Crippen LogP contribution is -2.42. The average molecular weight is 420 g/mol. The molecule has 0 saturated heterocycles. The second-order valence-electron chi connectivity index (χ2n) is 6.84. The van der Waals surface area contributed by atoms with Crippen LogP contribution < -0.4 is 5.32 Å². The zero-order valence-electron chi connectivity index (χ0n) is 16.9. The lowest BCUT2D eigenvalue weighted by molar-refractivity contribution is -0.147. The summed E-state index contributed by atoms with van der Waals surface area (Å²) in [4.78, 5) is 25.1. The van der Waals surface area contributed by atoms with E-state index in [-0.39, 0.29) is 12.5 Å². The molecule has 0 heterocycles. The number of thioether (sulfide) groups is 1. The van der Waals surface area contributed by atoms with Crippen molar-refractivity contribution in [3.8, 4) is 11.1 Å². The third kappa shape index (κ3) is 6.22. The highest BCUT2D eigenvalue weighted by Gasteiger charge is 2.22. The summed E-state index contributed by atoms with van der Waals surface area (Å²) in [6.45, 7) is 0.172. The number of rotatable bonds is 9. The molecule has 1 N–H and O–H groups in total. The van der Waals surface area contributed by atoms with E-state index in [0.717, 1.165) is 22.4 Å². The third-order valence-electron chi connectivity index (χ3n) is 4.68. The number of hydrogen-bond acceptors (Lipinski definition) is 4. The minimum Gasteiger partial charge on any atom is -0.459 e. The number of nitrogens with one attached hydrogen (secondary N) is 1. The molecule has 3 aromatic rings. The number of carbonyl (C=O) groups excluding carboxylic acids is 2. The van der Waals surface area contributed by atoms with Crippen LogP contribution in [-0.2, 0) is 16.1 Å². The van der Waals surface area contributed by atoms with Gasteiger partial charge in [0, 0.05) is 5.56 Å². The Morgan fingerprint density at radius 3 is 2.10 bits per heavy atom. The van der Waals surface area contributed by atoms with Gasteiger partial charge in [0.2, 0.25) is 0 Å². The predicted molar refractivity (Wildman–Crippen MR) is 122 cm³/mol. The van der Waals surface area contributed by atoms with Gasteiger partial charge in [-0.25, -0.2) is 4.79 Å². The lowest BCUT2D eigenvalue weighted by Gasteiger charge is -2.17. The van der Waals surface area contributed by atoms with Crippen LogP contribution in [0.2, 0.25) is 0 Å². The van der Waals surface area contributed by atoms with Crippen molar-refractivity contribution in [2.45, 2.75) is 19.1 Å². The van der Waals surface area contributed by atoms with E-state index in [4.69, 9.17) is 4.74 Å². The van der Waals surface area contributed by atoms with Crippen LogP contribution in [-0.4, -0.2) is 29.9 Å². The standard InChI is InChI=1S/C25H25NO3S/c1-30-17-16-23(26-24(27)22-10-6-3-7-11-22)25(28)29-18-19-12-14-21(15-13-19)20-8-4-2-5-9-20/h2-15,23H,16-18H2,1H3,(H,26,27)/t23-/m1/s1. The van der Waals surface area contributed by atoms with Crippen molar-refractivity contribution < 1.29 is 14.3 Å². The van der Waals surface area contributed by atoms with Crippen molar-refractivity contribution >= 4 is 23.6 Å². The molecule has 3 rings (SSSR count). The van der Waals surface area contributed by atoms with Gasteiger partial charge in [-0.1, -0.05) is 72.8 Å². The maximum Gasteiger partial charge on any atom is 0.329 e. The van der Waals surface area contributed by atoms with Gasteiger partial charge in [-0.2, -0.15) is 11.8 Å². The Morgan fingerprint density at radius 2 is 1.47 bits per heavy atom. The highest BCUT2D eigenvalue weighted by atomic mass is 32.2. The Kier molecular flexibility index (Phi) is 8.10. The van der Waals surface area contributed by atoms with E-state index in [2.05, 4.69) is 17.4 Å². The molecule has 5 heteroatoms. The number of amides is 1. The van der Waals surface area contributed by atoms with Crippen LogP contribution in [0.1, 0.15) is 22.3 Å². The second kappa shape index (κ2) is 11.2. The van der Waals surface area contributed by atoms with Gasteiger partial charge >= 0.3 is 5.97 Å². The zero-order chi connectivity index (χ0) is 21.2. The normalized spacial score (nSPS) is 11.5. The highest BCUT2D eigenvalue weighted by molar-refractivity contribution is 7.98. The topological polar surface area (TPSA) is 55.4 Å². The van der Waals surface area contributed by atoms with Crippen molar-refractivity contribution in [3.63, 3.8) is 0 Å². The summed E-state index contributed by atoms with van der Waals surface area (Å²) in [5, 5.41) is 2.81. The first-order valence-corrected chi connectivity index (χ1v) is 11.2. The molecule has 0 fully saturated rings. The smallest absolute Gasteiger partial charge is 0.329 e. The van der Waals surface area contributed by atoms with Gasteiger partial charge in [0.05, 0.1) is 0 Å². The Morgan fingerprint density at radius 1 is 0.867 bits per heavy atom. The summed E-state index contributed by atoms with van der Waals surface area (Å²) in [5.41, 5.74) is 3.68. The predicted octanol–water partition coefficient (Wildman–Crippen LogP) is 4.95. The van der Waals surface area contributed by atoms with Crippen LogP contribution in [0.3, 0.4) is 0 Å². The van der Waals surface area contributed by atoms with Gasteiger partial charge in [-0.15, -0.1) is 0 Å². The fourth-order valence-corrected chi connectivity index (χ4v) is 3.47. The maximum absolute atomic E-state index is 12.6. The molecule has 3 aromatic carbocycles. The molecule has 0 spiro atoms. The number of hydrogen-bond donors (Lipinski definition) is 1. The van der Waals surface area contributed by atoms with Crippen molar-refractivity contribution in [1.82, 2.24) is 5.32 Å². The van der Waals surface area contributed by atoms with Crippen LogP contribution in [0.4, 0.5) is 0 Å². The summed E-state index contributed by atoms with van der Waals surface area (Å²) < 4.78 is 5.51. The third-order valence-corrected chi connectivity index (χ3v) is 5.32. The molecule has 1 amide bonds. The van der Waals surface area contributed by atoms with E-state index >= 15 is 0 Å². The van der Waals surface area contributed by atoms with Crippen molar-refractivity contribution in [2.75, 3.05) is 12.0 Å². The van der Waals surface area contributed by atoms with Crippen LogP contribution in [0.25, 0.3) is 11.1 Å². The molecule has 4 nitrogen and oxygen atoms in total. The number of esters is 1. The van der Waals surface area contributed by atoms with E-state index in [0.29, 0.717) is 12.0 Å². The Balaban J connectivity index is 1.59. The molecule has 30 heavy (non-hydrogen) atoms. The average Bonchev–Trinajstić information content (AvgIpc) is 2.81. The molecule has 0 aliphatic carbocycles. The first kappa shape index (κ1) is 21.7. The van der Waals surface area contributed by atoms with E-state index < -0.39 is 12.0 Å². The molecule has 0 radical (unpaired) electrons. The summed E-state index contributed by atoms with van der Waals surface area (Å²) in [6.07, 6.45) is 2.49. The minimum absolute atomic E-state index is 0.172. The monoisotopic (exact) mass is 419 g/mol. The van der Waals surface area contributed by atoms with Crippen molar-refractivity contribution in [2.24, 2.45) is 0 Å². The van der Waals surface area contributed by atoms with Crippen LogP contribution in [0.15, 0.2) is 84.9 Å². The van der Waals surface area contributed by atoms with Crippen LogP contribution >= 0.6 is 11.8 Å². The highest BCUT2D eigenvalue weighted by Crippen LogP contribution is 2.19. The summed E-state index contributed by atoms with van der Waals surface area (Å²) in [7, 11) is 0. The van der Waals surface area contributed by atoms with Gasteiger partial charge in [0.1, 0.15) is 12.6 Å². The molecule has 0 unspecified atom stereocenters.